The van der Waals surface area contributed by atoms with Crippen molar-refractivity contribution in [3.63, 3.8) is 0 Å². The predicted molar refractivity (Wildman–Crippen MR) is 70.1 cm³/mol. The van der Waals surface area contributed by atoms with E-state index in [9.17, 15) is 9.00 Å². The summed E-state index contributed by atoms with van der Waals surface area (Å²) in [7, 11) is 0.781. The maximum Gasteiger partial charge on any atom is 0.251 e. The third kappa shape index (κ3) is 4.70. The minimum Gasteiger partial charge on any atom is -0.373 e. The van der Waals surface area contributed by atoms with Crippen LogP contribution in [-0.4, -0.2) is 40.7 Å². The molecule has 1 aromatic rings. The average Bonchev–Trinajstić information content (AvgIpc) is 2.27. The number of rotatable bonds is 5. The Bertz CT molecular complexity index is 440. The first-order valence-corrected chi connectivity index (χ1v) is 7.07. The lowest BCUT2D eigenvalue weighted by Gasteiger charge is -2.06. The molecular formula is C10H14ClN3O2S. The van der Waals surface area contributed by atoms with E-state index < -0.39 is 10.8 Å². The van der Waals surface area contributed by atoms with Crippen molar-refractivity contribution in [2.24, 2.45) is 0 Å². The first-order valence-electron chi connectivity index (χ1n) is 4.96. The fourth-order valence-corrected chi connectivity index (χ4v) is 1.76. The Morgan fingerprint density at radius 2 is 2.24 bits per heavy atom. The van der Waals surface area contributed by atoms with Crippen LogP contribution in [0.1, 0.15) is 10.4 Å². The van der Waals surface area contributed by atoms with Gasteiger partial charge < -0.3 is 10.6 Å². The SMILES string of the molecule is CNc1cc(C(=O)NCCS(C)=O)cc(Cl)n1. The van der Waals surface area contributed by atoms with Crippen LogP contribution in [0, 0.1) is 0 Å². The third-order valence-electron chi connectivity index (χ3n) is 1.99. The van der Waals surface area contributed by atoms with Crippen LogP contribution in [0.4, 0.5) is 5.82 Å². The molecule has 1 unspecified atom stereocenters. The van der Waals surface area contributed by atoms with Gasteiger partial charge in [-0.2, -0.15) is 0 Å². The van der Waals surface area contributed by atoms with Crippen molar-refractivity contribution in [3.05, 3.63) is 22.8 Å². The minimum atomic E-state index is -0.914. The molecule has 0 aliphatic carbocycles. The number of carbonyl (C=O) groups is 1. The van der Waals surface area contributed by atoms with E-state index in [0.717, 1.165) is 0 Å². The van der Waals surface area contributed by atoms with Crippen LogP contribution in [0.5, 0.6) is 0 Å². The molecule has 1 aromatic heterocycles. The van der Waals surface area contributed by atoms with E-state index in [1.54, 1.807) is 19.4 Å². The molecule has 94 valence electrons. The molecule has 1 amide bonds. The Morgan fingerprint density at radius 1 is 1.53 bits per heavy atom. The number of anilines is 1. The first-order chi connectivity index (χ1) is 8.02. The van der Waals surface area contributed by atoms with E-state index in [1.165, 1.54) is 6.07 Å². The van der Waals surface area contributed by atoms with Gasteiger partial charge in [-0.05, 0) is 12.1 Å². The predicted octanol–water partition coefficient (Wildman–Crippen LogP) is 0.885. The molecule has 1 rings (SSSR count). The summed E-state index contributed by atoms with van der Waals surface area (Å²) in [5.74, 6) is 0.710. The molecule has 1 heterocycles. The lowest BCUT2D eigenvalue weighted by Crippen LogP contribution is -2.27. The molecule has 0 aliphatic heterocycles. The van der Waals surface area contributed by atoms with E-state index in [4.69, 9.17) is 11.6 Å². The standard InChI is InChI=1S/C10H14ClN3O2S/c1-12-9-6-7(5-8(11)14-9)10(15)13-3-4-17(2)16/h5-6H,3-4H2,1-2H3,(H,12,14)(H,13,15). The molecule has 0 saturated heterocycles. The van der Waals surface area contributed by atoms with Crippen LogP contribution in [0.3, 0.4) is 0 Å². The highest BCUT2D eigenvalue weighted by Crippen LogP contribution is 2.13. The van der Waals surface area contributed by atoms with Gasteiger partial charge in [-0.15, -0.1) is 0 Å². The normalized spacial score (nSPS) is 11.9. The number of amides is 1. The van der Waals surface area contributed by atoms with Gasteiger partial charge in [-0.3, -0.25) is 9.00 Å². The largest absolute Gasteiger partial charge is 0.373 e. The molecule has 7 heteroatoms. The quantitative estimate of drug-likeness (QED) is 0.783. The second-order valence-corrected chi connectivity index (χ2v) is 5.29. The summed E-state index contributed by atoms with van der Waals surface area (Å²) in [6.07, 6.45) is 1.59. The van der Waals surface area contributed by atoms with Crippen molar-refractivity contribution in [2.45, 2.75) is 0 Å². The van der Waals surface area contributed by atoms with Gasteiger partial charge in [0, 0.05) is 42.0 Å². The molecule has 0 aromatic carbocycles. The van der Waals surface area contributed by atoms with E-state index in [0.29, 0.717) is 23.7 Å². The van der Waals surface area contributed by atoms with E-state index in [2.05, 4.69) is 15.6 Å². The summed E-state index contributed by atoms with van der Waals surface area (Å²) in [6.45, 7) is 0.372. The summed E-state index contributed by atoms with van der Waals surface area (Å²) < 4.78 is 10.8. The lowest BCUT2D eigenvalue weighted by molar-refractivity contribution is 0.0956. The summed E-state index contributed by atoms with van der Waals surface area (Å²) in [5, 5.41) is 5.73. The zero-order valence-corrected chi connectivity index (χ0v) is 11.2. The Kier molecular flexibility index (Phi) is 5.37. The zero-order chi connectivity index (χ0) is 12.8. The van der Waals surface area contributed by atoms with Gasteiger partial charge in [-0.1, -0.05) is 11.6 Å². The third-order valence-corrected chi connectivity index (χ3v) is 2.96. The molecule has 0 aliphatic rings. The molecule has 5 nitrogen and oxygen atoms in total. The second-order valence-electron chi connectivity index (χ2n) is 3.35. The van der Waals surface area contributed by atoms with Crippen LogP contribution in [0.2, 0.25) is 5.15 Å². The summed E-state index contributed by atoms with van der Waals surface area (Å²) in [4.78, 5) is 15.7. The van der Waals surface area contributed by atoms with Crippen LogP contribution in [0.25, 0.3) is 0 Å². The van der Waals surface area contributed by atoms with Crippen molar-refractivity contribution < 1.29 is 9.00 Å². The van der Waals surface area contributed by atoms with Gasteiger partial charge in [0.15, 0.2) is 0 Å². The smallest absolute Gasteiger partial charge is 0.251 e. The highest BCUT2D eigenvalue weighted by Gasteiger charge is 2.08. The molecule has 1 atom stereocenters. The van der Waals surface area contributed by atoms with Crippen molar-refractivity contribution in [1.29, 1.82) is 0 Å². The number of carbonyl (C=O) groups excluding carboxylic acids is 1. The zero-order valence-electron chi connectivity index (χ0n) is 9.62. The van der Waals surface area contributed by atoms with Gasteiger partial charge in [-0.25, -0.2) is 4.98 Å². The van der Waals surface area contributed by atoms with Gasteiger partial charge in [0.2, 0.25) is 0 Å². The number of aromatic nitrogens is 1. The molecule has 0 bridgehead atoms. The number of nitrogens with zero attached hydrogens (tertiary/aromatic N) is 1. The van der Waals surface area contributed by atoms with Crippen molar-refractivity contribution in [1.82, 2.24) is 10.3 Å². The molecule has 0 fully saturated rings. The van der Waals surface area contributed by atoms with E-state index in [1.807, 2.05) is 0 Å². The Hall–Kier alpha value is -1.14. The number of nitrogens with one attached hydrogen (secondary N) is 2. The number of halogens is 1. The number of hydrogen-bond donors (Lipinski definition) is 2. The minimum absolute atomic E-state index is 0.251. The fourth-order valence-electron chi connectivity index (χ4n) is 1.17. The van der Waals surface area contributed by atoms with Crippen molar-refractivity contribution >= 4 is 34.1 Å². The summed E-state index contributed by atoms with van der Waals surface area (Å²) in [6, 6.07) is 3.09. The van der Waals surface area contributed by atoms with Gasteiger partial charge >= 0.3 is 0 Å². The first kappa shape index (κ1) is 13.9. The van der Waals surface area contributed by atoms with Crippen LogP contribution in [0.15, 0.2) is 12.1 Å². The Labute approximate surface area is 107 Å². The van der Waals surface area contributed by atoms with Crippen LogP contribution in [-0.2, 0) is 10.8 Å². The second kappa shape index (κ2) is 6.56. The van der Waals surface area contributed by atoms with E-state index in [-0.39, 0.29) is 11.1 Å². The summed E-state index contributed by atoms with van der Waals surface area (Å²) >= 11 is 5.78. The molecular weight excluding hydrogens is 262 g/mol. The molecule has 0 spiro atoms. The van der Waals surface area contributed by atoms with Crippen LogP contribution >= 0.6 is 11.6 Å². The Balaban J connectivity index is 2.68. The van der Waals surface area contributed by atoms with Gasteiger partial charge in [0.1, 0.15) is 11.0 Å². The maximum absolute atomic E-state index is 11.7. The summed E-state index contributed by atoms with van der Waals surface area (Å²) in [5.41, 5.74) is 0.427. The number of hydrogen-bond acceptors (Lipinski definition) is 4. The maximum atomic E-state index is 11.7. The molecule has 0 radical (unpaired) electrons. The molecule has 17 heavy (non-hydrogen) atoms. The fraction of sp³-hybridized carbons (Fsp3) is 0.400. The Morgan fingerprint density at radius 3 is 2.82 bits per heavy atom. The van der Waals surface area contributed by atoms with E-state index >= 15 is 0 Å². The monoisotopic (exact) mass is 275 g/mol. The molecule has 2 N–H and O–H groups in total. The van der Waals surface area contributed by atoms with Crippen LogP contribution < -0.4 is 10.6 Å². The van der Waals surface area contributed by atoms with Gasteiger partial charge in [0.25, 0.3) is 5.91 Å². The van der Waals surface area contributed by atoms with Crippen molar-refractivity contribution in [2.75, 3.05) is 30.9 Å². The average molecular weight is 276 g/mol. The topological polar surface area (TPSA) is 71.1 Å². The van der Waals surface area contributed by atoms with Gasteiger partial charge in [0.05, 0.1) is 0 Å². The highest BCUT2D eigenvalue weighted by atomic mass is 35.5. The number of pyridine rings is 1. The lowest BCUT2D eigenvalue weighted by atomic mass is 10.2. The molecule has 0 saturated carbocycles. The highest BCUT2D eigenvalue weighted by molar-refractivity contribution is 7.84. The van der Waals surface area contributed by atoms with Crippen molar-refractivity contribution in [3.8, 4) is 0 Å².